The zero-order valence-electron chi connectivity index (χ0n) is 11.9. The highest BCUT2D eigenvalue weighted by atomic mass is 19.4. The molecule has 1 fully saturated rings. The lowest BCUT2D eigenvalue weighted by Gasteiger charge is -2.33. The Morgan fingerprint density at radius 2 is 1.90 bits per heavy atom. The second-order valence-electron chi connectivity index (χ2n) is 4.95. The van der Waals surface area contributed by atoms with Crippen molar-refractivity contribution in [3.05, 3.63) is 23.8 Å². The summed E-state index contributed by atoms with van der Waals surface area (Å²) < 4.78 is 43.1. The van der Waals surface area contributed by atoms with Crippen molar-refractivity contribution in [2.45, 2.75) is 13.1 Å². The Labute approximate surface area is 121 Å². The molecule has 2 rings (SSSR count). The number of hydrogen-bond acceptors (Lipinski definition) is 3. The topological polar surface area (TPSA) is 32.8 Å². The van der Waals surface area contributed by atoms with Gasteiger partial charge in [0.15, 0.2) is 0 Å². The number of hydrogen-bond donors (Lipinski definition) is 0. The highest BCUT2D eigenvalue weighted by molar-refractivity contribution is 5.99. The highest BCUT2D eigenvalue weighted by Gasteiger charge is 2.42. The van der Waals surface area contributed by atoms with Gasteiger partial charge in [0.25, 0.3) is 0 Å². The fraction of sp³-hybridized carbons (Fsp3) is 0.500. The van der Waals surface area contributed by atoms with Gasteiger partial charge >= 0.3 is 12.1 Å². The van der Waals surface area contributed by atoms with Crippen LogP contribution in [0.25, 0.3) is 0 Å². The van der Waals surface area contributed by atoms with Gasteiger partial charge in [0.2, 0.25) is 0 Å². The fourth-order valence-electron chi connectivity index (χ4n) is 2.27. The fourth-order valence-corrected chi connectivity index (χ4v) is 2.27. The molecule has 0 bridgehead atoms. The molecule has 21 heavy (non-hydrogen) atoms. The first kappa shape index (κ1) is 15.6. The molecule has 7 heteroatoms. The molecule has 1 saturated heterocycles. The third-order valence-corrected chi connectivity index (χ3v) is 3.39. The van der Waals surface area contributed by atoms with E-state index < -0.39 is 12.1 Å². The van der Waals surface area contributed by atoms with Gasteiger partial charge in [-0.2, -0.15) is 13.2 Å². The van der Waals surface area contributed by atoms with Crippen LogP contribution in [0.2, 0.25) is 0 Å². The van der Waals surface area contributed by atoms with Crippen LogP contribution in [0.15, 0.2) is 18.2 Å². The highest BCUT2D eigenvalue weighted by Crippen LogP contribution is 2.32. The predicted octanol–water partition coefficient (Wildman–Crippen LogP) is 2.36. The quantitative estimate of drug-likeness (QED) is 0.841. The van der Waals surface area contributed by atoms with E-state index in [1.165, 1.54) is 0 Å². The van der Waals surface area contributed by atoms with Gasteiger partial charge in [-0.1, -0.05) is 6.07 Å². The summed E-state index contributed by atoms with van der Waals surface area (Å²) in [7, 11) is 1.15. The number of benzene rings is 1. The molecule has 0 saturated carbocycles. The minimum absolute atomic E-state index is 0.263. The number of carbonyl (C=O) groups is 1. The van der Waals surface area contributed by atoms with Crippen molar-refractivity contribution in [1.82, 2.24) is 0 Å². The number of carbonyl (C=O) groups excluding carboxylic acids is 1. The van der Waals surface area contributed by atoms with Crippen LogP contribution in [-0.2, 0) is 9.53 Å². The van der Waals surface area contributed by atoms with Crippen molar-refractivity contribution in [2.75, 3.05) is 43.2 Å². The number of anilines is 2. The van der Waals surface area contributed by atoms with Crippen LogP contribution in [0.1, 0.15) is 5.56 Å². The summed E-state index contributed by atoms with van der Waals surface area (Å²) >= 11 is 0. The van der Waals surface area contributed by atoms with Crippen molar-refractivity contribution in [2.24, 2.45) is 0 Å². The smallest absolute Gasteiger partial charge is 0.378 e. The summed E-state index contributed by atoms with van der Waals surface area (Å²) in [6.07, 6.45) is -4.89. The van der Waals surface area contributed by atoms with Gasteiger partial charge in [0.1, 0.15) is 0 Å². The van der Waals surface area contributed by atoms with Gasteiger partial charge in [0, 0.05) is 20.1 Å². The Morgan fingerprint density at radius 1 is 1.29 bits per heavy atom. The first-order chi connectivity index (χ1) is 9.80. The molecule has 0 unspecified atom stereocenters. The number of alkyl halides is 3. The lowest BCUT2D eigenvalue weighted by molar-refractivity contribution is -0.170. The summed E-state index contributed by atoms with van der Waals surface area (Å²) in [6.45, 7) is 3.99. The molecular weight excluding hydrogens is 285 g/mol. The molecule has 1 aliphatic heterocycles. The maximum absolute atomic E-state index is 12.6. The minimum Gasteiger partial charge on any atom is -0.378 e. The Morgan fingerprint density at radius 3 is 2.48 bits per heavy atom. The number of aryl methyl sites for hydroxylation is 1. The molecule has 0 aliphatic carbocycles. The Kier molecular flexibility index (Phi) is 4.41. The zero-order chi connectivity index (χ0) is 15.6. The van der Waals surface area contributed by atoms with Gasteiger partial charge in [0.05, 0.1) is 24.6 Å². The summed E-state index contributed by atoms with van der Waals surface area (Å²) in [4.78, 5) is 14.1. The summed E-state index contributed by atoms with van der Waals surface area (Å²) in [5, 5.41) is 0. The standard InChI is InChI=1S/C14H17F3N2O2/c1-10-3-4-11(19-5-7-21-8-6-19)12(9-10)18(2)13(20)14(15,16)17/h3-4,9H,5-8H2,1-2H3. The minimum atomic E-state index is -4.89. The van der Waals surface area contributed by atoms with Crippen LogP contribution in [-0.4, -0.2) is 45.4 Å². The molecule has 4 nitrogen and oxygen atoms in total. The van der Waals surface area contributed by atoms with Gasteiger partial charge in [-0.3, -0.25) is 4.79 Å². The second kappa shape index (κ2) is 5.93. The largest absolute Gasteiger partial charge is 0.471 e. The number of rotatable bonds is 2. The number of halogens is 3. The molecule has 116 valence electrons. The van der Waals surface area contributed by atoms with E-state index in [2.05, 4.69) is 0 Å². The third-order valence-electron chi connectivity index (χ3n) is 3.39. The van der Waals surface area contributed by atoms with Gasteiger partial charge in [-0.25, -0.2) is 0 Å². The molecule has 0 atom stereocenters. The van der Waals surface area contributed by atoms with Crippen LogP contribution in [0, 0.1) is 6.92 Å². The summed E-state index contributed by atoms with van der Waals surface area (Å²) in [6, 6.07) is 5.16. The molecule has 1 amide bonds. The summed E-state index contributed by atoms with van der Waals surface area (Å²) in [5.41, 5.74) is 1.67. The molecule has 0 aromatic heterocycles. The average molecular weight is 302 g/mol. The third kappa shape index (κ3) is 3.47. The van der Waals surface area contributed by atoms with E-state index in [4.69, 9.17) is 4.74 Å². The van der Waals surface area contributed by atoms with Gasteiger partial charge < -0.3 is 14.5 Å². The average Bonchev–Trinajstić information content (AvgIpc) is 2.45. The maximum Gasteiger partial charge on any atom is 0.471 e. The molecular formula is C14H17F3N2O2. The molecule has 0 spiro atoms. The van der Waals surface area contributed by atoms with Crippen molar-refractivity contribution in [3.63, 3.8) is 0 Å². The first-order valence-corrected chi connectivity index (χ1v) is 6.59. The molecule has 0 radical (unpaired) electrons. The molecule has 1 aliphatic rings. The SMILES string of the molecule is Cc1ccc(N2CCOCC2)c(N(C)C(=O)C(F)(F)F)c1. The van der Waals surface area contributed by atoms with Gasteiger partial charge in [-0.15, -0.1) is 0 Å². The zero-order valence-corrected chi connectivity index (χ0v) is 11.9. The molecule has 1 aromatic carbocycles. The number of ether oxygens (including phenoxy) is 1. The molecule has 1 aromatic rings. The van der Waals surface area contributed by atoms with E-state index in [0.717, 1.165) is 12.6 Å². The van der Waals surface area contributed by atoms with E-state index in [-0.39, 0.29) is 5.69 Å². The van der Waals surface area contributed by atoms with Crippen LogP contribution in [0.5, 0.6) is 0 Å². The Bertz CT molecular complexity index is 525. The van der Waals surface area contributed by atoms with Crippen LogP contribution in [0.3, 0.4) is 0 Å². The van der Waals surface area contributed by atoms with Crippen molar-refractivity contribution < 1.29 is 22.7 Å². The van der Waals surface area contributed by atoms with Crippen LogP contribution < -0.4 is 9.80 Å². The normalized spacial score (nSPS) is 16.0. The Balaban J connectivity index is 2.37. The molecule has 0 N–H and O–H groups in total. The monoisotopic (exact) mass is 302 g/mol. The maximum atomic E-state index is 12.6. The van der Waals surface area contributed by atoms with E-state index in [9.17, 15) is 18.0 Å². The lowest BCUT2D eigenvalue weighted by atomic mass is 10.1. The van der Waals surface area contributed by atoms with Crippen molar-refractivity contribution in [3.8, 4) is 0 Å². The van der Waals surface area contributed by atoms with Crippen molar-refractivity contribution in [1.29, 1.82) is 0 Å². The van der Waals surface area contributed by atoms with Crippen molar-refractivity contribution >= 4 is 17.3 Å². The predicted molar refractivity (Wildman–Crippen MR) is 73.7 cm³/mol. The van der Waals surface area contributed by atoms with Crippen LogP contribution in [0.4, 0.5) is 24.5 Å². The van der Waals surface area contributed by atoms with Crippen LogP contribution >= 0.6 is 0 Å². The van der Waals surface area contributed by atoms with E-state index in [1.807, 2.05) is 11.0 Å². The number of nitrogens with zero attached hydrogens (tertiary/aromatic N) is 2. The second-order valence-corrected chi connectivity index (χ2v) is 4.95. The first-order valence-electron chi connectivity index (χ1n) is 6.59. The van der Waals surface area contributed by atoms with E-state index in [0.29, 0.717) is 36.9 Å². The van der Waals surface area contributed by atoms with E-state index in [1.54, 1.807) is 19.1 Å². The Hall–Kier alpha value is -1.76. The number of morpholine rings is 1. The molecule has 1 heterocycles. The van der Waals surface area contributed by atoms with Gasteiger partial charge in [-0.05, 0) is 24.6 Å². The summed E-state index contributed by atoms with van der Waals surface area (Å²) in [5.74, 6) is -1.87. The lowest BCUT2D eigenvalue weighted by Crippen LogP contribution is -2.41. The van der Waals surface area contributed by atoms with E-state index >= 15 is 0 Å². The number of amides is 1.